The summed E-state index contributed by atoms with van der Waals surface area (Å²) in [5, 5.41) is 5.99. The minimum Gasteiger partial charge on any atom is -0.770 e. The van der Waals surface area contributed by atoms with Gasteiger partial charge in [0.1, 0.15) is 11.6 Å². The predicted octanol–water partition coefficient (Wildman–Crippen LogP) is 2.82. The van der Waals surface area contributed by atoms with Crippen molar-refractivity contribution in [3.05, 3.63) is 63.3 Å². The smallest absolute Gasteiger partial charge is 0.276 e. The van der Waals surface area contributed by atoms with E-state index in [-0.39, 0.29) is 17.2 Å². The van der Waals surface area contributed by atoms with Gasteiger partial charge >= 0.3 is 0 Å². The second-order valence-corrected chi connectivity index (χ2v) is 10.6. The van der Waals surface area contributed by atoms with Gasteiger partial charge < -0.3 is 19.6 Å². The third kappa shape index (κ3) is 4.61. The molecule has 2 N–H and O–H groups in total. The molecule has 0 radical (unpaired) electrons. The number of fused-ring (bicyclic) bond motifs is 2. The number of amides is 1. The van der Waals surface area contributed by atoms with Crippen molar-refractivity contribution < 1.29 is 18.3 Å². The molecule has 0 saturated heterocycles. The van der Waals surface area contributed by atoms with Gasteiger partial charge in [-0.15, -0.1) is 0 Å². The molecule has 36 heavy (non-hydrogen) atoms. The first kappa shape index (κ1) is 24.4. The van der Waals surface area contributed by atoms with E-state index in [1.54, 1.807) is 36.4 Å². The molecule has 1 aliphatic carbocycles. The molecule has 1 aliphatic rings. The molecule has 2 aromatic carbocycles. The number of aromatic amines is 1. The molecule has 2 unspecified atom stereocenters. The first-order chi connectivity index (χ1) is 17.2. The Kier molecular flexibility index (Phi) is 6.31. The fraction of sp³-hybridized carbons (Fsp3) is 0.333. The van der Waals surface area contributed by atoms with Crippen molar-refractivity contribution in [2.75, 3.05) is 13.7 Å². The van der Waals surface area contributed by atoms with Crippen molar-refractivity contribution in [2.45, 2.75) is 31.6 Å². The van der Waals surface area contributed by atoms with Crippen molar-refractivity contribution in [1.29, 1.82) is 0 Å². The zero-order valence-electron chi connectivity index (χ0n) is 19.5. The normalized spacial score (nSPS) is 16.1. The highest BCUT2D eigenvalue weighted by atomic mass is 35.5. The highest BCUT2D eigenvalue weighted by Gasteiger charge is 2.38. The predicted molar refractivity (Wildman–Crippen MR) is 135 cm³/mol. The first-order valence-electron chi connectivity index (χ1n) is 11.3. The number of rotatable bonds is 8. The average Bonchev–Trinajstić information content (AvgIpc) is 3.46. The number of benzene rings is 2. The van der Waals surface area contributed by atoms with E-state index in [0.717, 1.165) is 12.8 Å². The summed E-state index contributed by atoms with van der Waals surface area (Å²) in [5.41, 5.74) is 1.24. The van der Waals surface area contributed by atoms with Crippen LogP contribution in [0.4, 0.5) is 0 Å². The largest absolute Gasteiger partial charge is 0.770 e. The molecule has 2 aromatic heterocycles. The molecule has 0 bridgehead atoms. The van der Waals surface area contributed by atoms with Crippen molar-refractivity contribution in [3.63, 3.8) is 0 Å². The van der Waals surface area contributed by atoms with Crippen LogP contribution in [0.3, 0.4) is 0 Å². The maximum Gasteiger partial charge on any atom is 0.276 e. The van der Waals surface area contributed by atoms with E-state index >= 15 is 0 Å². The number of aromatic nitrogens is 4. The van der Waals surface area contributed by atoms with E-state index in [1.165, 1.54) is 7.05 Å². The molecule has 0 spiro atoms. The van der Waals surface area contributed by atoms with Gasteiger partial charge in [0.05, 0.1) is 40.2 Å². The summed E-state index contributed by atoms with van der Waals surface area (Å²) in [6.45, 7) is 2.75. The summed E-state index contributed by atoms with van der Waals surface area (Å²) in [4.78, 5) is 33.2. The molecule has 5 rings (SSSR count). The van der Waals surface area contributed by atoms with Crippen molar-refractivity contribution in [1.82, 2.24) is 25.1 Å². The number of H-pyrrole nitrogens is 1. The molecule has 10 nitrogen and oxygen atoms in total. The fourth-order valence-electron chi connectivity index (χ4n) is 3.99. The van der Waals surface area contributed by atoms with Gasteiger partial charge in [0.2, 0.25) is 0 Å². The van der Waals surface area contributed by atoms with Gasteiger partial charge in [-0.1, -0.05) is 36.7 Å². The standard InChI is InChI=1S/C24H24ClN5O5S/c1-24(7-8-24)12-35-19-10-18-17(9-15(19)25)27-20(28-18)11-16-13-5-3-4-6-14(13)22(32)30(29-16)23(36(33)34)21(31)26-2/h3-6,9-10,23H,7-8,11-12H2,1-2H3,(H,26,31)(H,27,28)(H,33,34)/p-1. The van der Waals surface area contributed by atoms with Gasteiger partial charge in [-0.3, -0.25) is 13.8 Å². The van der Waals surface area contributed by atoms with Crippen LogP contribution >= 0.6 is 11.6 Å². The number of carbonyl (C=O) groups is 1. The Morgan fingerprint density at radius 2 is 2.06 bits per heavy atom. The molecule has 2 heterocycles. The summed E-state index contributed by atoms with van der Waals surface area (Å²) in [6.07, 6.45) is 2.40. The molecule has 4 aromatic rings. The van der Waals surface area contributed by atoms with Crippen LogP contribution in [0.15, 0.2) is 41.2 Å². The second-order valence-electron chi connectivity index (χ2n) is 9.23. The maximum absolute atomic E-state index is 13.0. The summed E-state index contributed by atoms with van der Waals surface area (Å²) < 4.78 is 30.3. The molecule has 188 valence electrons. The Labute approximate surface area is 213 Å². The van der Waals surface area contributed by atoms with Gasteiger partial charge in [-0.2, -0.15) is 5.10 Å². The van der Waals surface area contributed by atoms with Crippen molar-refractivity contribution in [2.24, 2.45) is 5.41 Å². The minimum atomic E-state index is -2.93. The average molecular weight is 529 g/mol. The number of nitrogens with zero attached hydrogens (tertiary/aromatic N) is 3. The zero-order valence-corrected chi connectivity index (χ0v) is 21.1. The Morgan fingerprint density at radius 1 is 1.33 bits per heavy atom. The number of hydrogen-bond donors (Lipinski definition) is 2. The van der Waals surface area contributed by atoms with E-state index in [0.29, 0.717) is 50.0 Å². The summed E-state index contributed by atoms with van der Waals surface area (Å²) >= 11 is 3.50. The quantitative estimate of drug-likeness (QED) is 0.335. The lowest BCUT2D eigenvalue weighted by atomic mass is 10.1. The van der Waals surface area contributed by atoms with E-state index in [1.807, 2.05) is 0 Å². The Hall–Kier alpha value is -3.28. The summed E-state index contributed by atoms with van der Waals surface area (Å²) in [5.74, 6) is 0.207. The van der Waals surface area contributed by atoms with Crippen LogP contribution in [0.5, 0.6) is 5.75 Å². The van der Waals surface area contributed by atoms with Gasteiger partial charge in [0, 0.05) is 23.9 Å². The molecular formula is C24H23ClN5O5S-. The third-order valence-electron chi connectivity index (χ3n) is 6.38. The topological polar surface area (TPSA) is 142 Å². The number of halogens is 1. The highest BCUT2D eigenvalue weighted by molar-refractivity contribution is 7.80. The molecule has 1 amide bonds. The van der Waals surface area contributed by atoms with E-state index in [4.69, 9.17) is 16.3 Å². The zero-order chi connectivity index (χ0) is 25.6. The SMILES string of the molecule is CNC(=O)C(n1nc(Cc2nc3cc(OCC4(C)CC4)c(Cl)cc3[nH]2)c2ccccc2c1=O)S(=O)[O-]. The van der Waals surface area contributed by atoms with Gasteiger partial charge in [0.15, 0.2) is 5.37 Å². The monoisotopic (exact) mass is 528 g/mol. The summed E-state index contributed by atoms with van der Waals surface area (Å²) in [6, 6.07) is 10.2. The lowest BCUT2D eigenvalue weighted by Gasteiger charge is -2.20. The Bertz CT molecular complexity index is 1580. The molecule has 12 heteroatoms. The van der Waals surface area contributed by atoms with Crippen molar-refractivity contribution in [3.8, 4) is 5.75 Å². The van der Waals surface area contributed by atoms with Crippen LogP contribution in [0.25, 0.3) is 21.8 Å². The highest BCUT2D eigenvalue weighted by Crippen LogP contribution is 2.45. The van der Waals surface area contributed by atoms with Gasteiger partial charge in [-0.25, -0.2) is 9.67 Å². The minimum absolute atomic E-state index is 0.146. The van der Waals surface area contributed by atoms with Crippen LogP contribution in [0, 0.1) is 5.41 Å². The van der Waals surface area contributed by atoms with Crippen LogP contribution in [-0.2, 0) is 22.3 Å². The number of nitrogens with one attached hydrogen (secondary N) is 2. The fourth-order valence-corrected chi connectivity index (χ4v) is 4.81. The van der Waals surface area contributed by atoms with Crippen LogP contribution in [0.2, 0.25) is 5.02 Å². The number of hydrogen-bond acceptors (Lipinski definition) is 7. The maximum atomic E-state index is 13.0. The molecule has 1 saturated carbocycles. The van der Waals surface area contributed by atoms with Gasteiger partial charge in [0.25, 0.3) is 11.5 Å². The second kappa shape index (κ2) is 9.30. The Morgan fingerprint density at radius 3 is 2.72 bits per heavy atom. The van der Waals surface area contributed by atoms with Crippen LogP contribution in [-0.4, -0.2) is 48.1 Å². The van der Waals surface area contributed by atoms with E-state index < -0.39 is 27.9 Å². The Balaban J connectivity index is 1.55. The first-order valence-corrected chi connectivity index (χ1v) is 12.8. The van der Waals surface area contributed by atoms with E-state index in [9.17, 15) is 18.4 Å². The number of imidazole rings is 1. The number of ether oxygens (including phenoxy) is 1. The third-order valence-corrected chi connectivity index (χ3v) is 7.45. The van der Waals surface area contributed by atoms with Gasteiger partial charge in [-0.05, 0) is 36.1 Å². The lowest BCUT2D eigenvalue weighted by molar-refractivity contribution is -0.121. The molecule has 1 fully saturated rings. The molecule has 2 atom stereocenters. The summed E-state index contributed by atoms with van der Waals surface area (Å²) in [7, 11) is 1.29. The lowest BCUT2D eigenvalue weighted by Crippen LogP contribution is -2.40. The van der Waals surface area contributed by atoms with Crippen LogP contribution < -0.4 is 15.6 Å². The van der Waals surface area contributed by atoms with Crippen LogP contribution in [0.1, 0.15) is 36.7 Å². The number of likely N-dealkylation sites (N-methyl/N-ethyl adjacent to an activating group) is 1. The number of carbonyl (C=O) groups excluding carboxylic acids is 1. The van der Waals surface area contributed by atoms with E-state index in [2.05, 4.69) is 27.3 Å². The molecule has 0 aliphatic heterocycles. The molecular weight excluding hydrogens is 506 g/mol. The van der Waals surface area contributed by atoms with Crippen molar-refractivity contribution >= 4 is 50.4 Å².